The Morgan fingerprint density at radius 3 is 2.54 bits per heavy atom. The molecule has 4 heterocycles. The van der Waals surface area contributed by atoms with E-state index in [1.807, 2.05) is 17.0 Å². The van der Waals surface area contributed by atoms with Gasteiger partial charge in [-0.1, -0.05) is 19.3 Å². The third-order valence-corrected chi connectivity index (χ3v) is 8.93. The molecule has 1 aliphatic carbocycles. The highest BCUT2D eigenvalue weighted by Crippen LogP contribution is 2.37. The number of aliphatic hydroxyl groups is 1. The number of fused-ring (bicyclic) bond motifs is 2. The van der Waals surface area contributed by atoms with Gasteiger partial charge < -0.3 is 14.9 Å². The van der Waals surface area contributed by atoms with Gasteiger partial charge in [0, 0.05) is 44.5 Å². The van der Waals surface area contributed by atoms with Crippen LogP contribution in [-0.4, -0.2) is 67.0 Å². The molecule has 2 aliphatic heterocycles. The second-order valence-corrected chi connectivity index (χ2v) is 11.3. The number of aromatic nitrogens is 4. The van der Waals surface area contributed by atoms with Gasteiger partial charge in [0.05, 0.1) is 18.3 Å². The molecule has 2 saturated heterocycles. The quantitative estimate of drug-likeness (QED) is 0.587. The summed E-state index contributed by atoms with van der Waals surface area (Å²) in [5.41, 5.74) is 1.14. The van der Waals surface area contributed by atoms with Crippen LogP contribution >= 0.6 is 0 Å². The Morgan fingerprint density at radius 2 is 1.78 bits per heavy atom. The van der Waals surface area contributed by atoms with E-state index < -0.39 is 5.60 Å². The lowest BCUT2D eigenvalue weighted by atomic mass is 9.75. The Bertz CT molecular complexity index is 1340. The number of carbonyl (C=O) groups excluding carboxylic acids is 1. The summed E-state index contributed by atoms with van der Waals surface area (Å²) in [7, 11) is 1.74. The van der Waals surface area contributed by atoms with E-state index in [4.69, 9.17) is 0 Å². The van der Waals surface area contributed by atoms with Crippen molar-refractivity contribution in [3.05, 3.63) is 52.7 Å². The van der Waals surface area contributed by atoms with Crippen molar-refractivity contribution < 1.29 is 9.90 Å². The molecule has 3 aromatic rings. The summed E-state index contributed by atoms with van der Waals surface area (Å²) in [6.45, 7) is 3.28. The van der Waals surface area contributed by atoms with Gasteiger partial charge in [0.2, 0.25) is 0 Å². The number of likely N-dealkylation sites (tertiary alicyclic amines) is 1. The number of hydrogen-bond donors (Lipinski definition) is 1. The number of benzene rings is 1. The zero-order chi connectivity index (χ0) is 25.6. The highest BCUT2D eigenvalue weighted by Gasteiger charge is 2.35. The summed E-state index contributed by atoms with van der Waals surface area (Å²) in [5.74, 6) is 1.71. The summed E-state index contributed by atoms with van der Waals surface area (Å²) < 4.78 is 3.02. The number of nitrogens with zero attached hydrogens (tertiary/aromatic N) is 6. The first-order valence-electron chi connectivity index (χ1n) is 13.6. The fourth-order valence-corrected chi connectivity index (χ4v) is 6.61. The standard InChI is InChI=1S/C28H36N6O3/c1-31-25-24(16-30-31)27(36)34(19-29-25)18-28(37)11-14-32(15-12-28)26(35)21-6-8-23(9-7-21)33-13-10-20-4-2-3-5-22(20)17-33/h6-9,16,19-20,22,37H,2-5,10-15,17-18H2,1H3/t20-,22-/m1/s1. The smallest absolute Gasteiger partial charge is 0.264 e. The minimum atomic E-state index is -1.06. The molecule has 196 valence electrons. The van der Waals surface area contributed by atoms with E-state index in [2.05, 4.69) is 27.1 Å². The number of amides is 1. The number of aryl methyl sites for hydroxylation is 1. The lowest BCUT2D eigenvalue weighted by Crippen LogP contribution is -2.49. The predicted octanol–water partition coefficient (Wildman–Crippen LogP) is 2.81. The summed E-state index contributed by atoms with van der Waals surface area (Å²) in [6.07, 6.45) is 10.6. The molecule has 9 nitrogen and oxygen atoms in total. The molecule has 0 unspecified atom stereocenters. The van der Waals surface area contributed by atoms with Gasteiger partial charge in [-0.05, 0) is 61.8 Å². The van der Waals surface area contributed by atoms with Crippen molar-refractivity contribution in [2.45, 2.75) is 57.1 Å². The Labute approximate surface area is 216 Å². The van der Waals surface area contributed by atoms with Gasteiger partial charge in [-0.2, -0.15) is 5.10 Å². The Morgan fingerprint density at radius 1 is 1.05 bits per heavy atom. The number of anilines is 1. The molecule has 1 aromatic carbocycles. The normalized spacial score (nSPS) is 23.7. The maximum absolute atomic E-state index is 13.2. The Kier molecular flexibility index (Phi) is 6.26. The molecule has 9 heteroatoms. The number of piperidine rings is 2. The van der Waals surface area contributed by atoms with Crippen LogP contribution in [0.15, 0.2) is 41.6 Å². The molecule has 0 bridgehead atoms. The topological polar surface area (TPSA) is 96.5 Å². The van der Waals surface area contributed by atoms with Crippen molar-refractivity contribution in [2.75, 3.05) is 31.1 Å². The van der Waals surface area contributed by atoms with E-state index >= 15 is 0 Å². The van der Waals surface area contributed by atoms with Gasteiger partial charge in [0.1, 0.15) is 11.7 Å². The SMILES string of the molecule is Cn1ncc2c(=O)n(CC3(O)CCN(C(=O)c4ccc(N5CC[C@H]6CCCC[C@@H]6C5)cc4)CC3)cnc21. The van der Waals surface area contributed by atoms with Crippen molar-refractivity contribution in [3.63, 3.8) is 0 Å². The molecule has 0 radical (unpaired) electrons. The molecule has 1 N–H and O–H groups in total. The van der Waals surface area contributed by atoms with E-state index in [0.717, 1.165) is 24.9 Å². The molecular weight excluding hydrogens is 468 g/mol. The fourth-order valence-electron chi connectivity index (χ4n) is 6.61. The molecule has 1 saturated carbocycles. The average Bonchev–Trinajstić information content (AvgIpc) is 3.31. The summed E-state index contributed by atoms with van der Waals surface area (Å²) in [6, 6.07) is 8.06. The van der Waals surface area contributed by atoms with Crippen molar-refractivity contribution in [1.29, 1.82) is 0 Å². The van der Waals surface area contributed by atoms with Crippen LogP contribution < -0.4 is 10.5 Å². The highest BCUT2D eigenvalue weighted by atomic mass is 16.3. The van der Waals surface area contributed by atoms with Crippen molar-refractivity contribution in [3.8, 4) is 0 Å². The van der Waals surface area contributed by atoms with Crippen LogP contribution in [0.25, 0.3) is 11.0 Å². The van der Waals surface area contributed by atoms with Gasteiger partial charge in [0.15, 0.2) is 5.65 Å². The van der Waals surface area contributed by atoms with Crippen LogP contribution in [0.5, 0.6) is 0 Å². The van der Waals surface area contributed by atoms with Gasteiger partial charge in [0.25, 0.3) is 11.5 Å². The second kappa shape index (κ2) is 9.59. The zero-order valence-corrected chi connectivity index (χ0v) is 21.6. The van der Waals surface area contributed by atoms with Gasteiger partial charge in [-0.25, -0.2) is 4.98 Å². The molecule has 0 spiro atoms. The van der Waals surface area contributed by atoms with Crippen molar-refractivity contribution in [2.24, 2.45) is 18.9 Å². The van der Waals surface area contributed by atoms with E-state index in [0.29, 0.717) is 42.5 Å². The molecule has 3 aliphatic rings. The van der Waals surface area contributed by atoms with Crippen molar-refractivity contribution >= 4 is 22.6 Å². The third kappa shape index (κ3) is 4.65. The molecule has 2 aromatic heterocycles. The Balaban J connectivity index is 1.07. The lowest BCUT2D eigenvalue weighted by Gasteiger charge is -2.42. The van der Waals surface area contributed by atoms with Crippen LogP contribution in [-0.2, 0) is 13.6 Å². The number of carbonyl (C=O) groups is 1. The monoisotopic (exact) mass is 504 g/mol. The number of hydrogen-bond acceptors (Lipinski definition) is 6. The van der Waals surface area contributed by atoms with Crippen LogP contribution in [0, 0.1) is 11.8 Å². The van der Waals surface area contributed by atoms with E-state index in [1.54, 1.807) is 11.7 Å². The molecule has 1 amide bonds. The first-order chi connectivity index (χ1) is 17.9. The first kappa shape index (κ1) is 24.2. The summed E-state index contributed by atoms with van der Waals surface area (Å²) in [4.78, 5) is 34.6. The highest BCUT2D eigenvalue weighted by molar-refractivity contribution is 5.94. The molecule has 6 rings (SSSR count). The second-order valence-electron chi connectivity index (χ2n) is 11.3. The molecular formula is C28H36N6O3. The van der Waals surface area contributed by atoms with Crippen LogP contribution in [0.1, 0.15) is 55.3 Å². The van der Waals surface area contributed by atoms with Crippen LogP contribution in [0.2, 0.25) is 0 Å². The van der Waals surface area contributed by atoms with Gasteiger partial charge in [-0.3, -0.25) is 18.8 Å². The maximum atomic E-state index is 13.2. The first-order valence-corrected chi connectivity index (χ1v) is 13.6. The van der Waals surface area contributed by atoms with E-state index in [-0.39, 0.29) is 18.0 Å². The van der Waals surface area contributed by atoms with Crippen molar-refractivity contribution in [1.82, 2.24) is 24.2 Å². The van der Waals surface area contributed by atoms with E-state index in [1.165, 1.54) is 54.9 Å². The molecule has 3 fully saturated rings. The van der Waals surface area contributed by atoms with Crippen LogP contribution in [0.3, 0.4) is 0 Å². The molecule has 2 atom stereocenters. The lowest BCUT2D eigenvalue weighted by molar-refractivity contribution is -0.0299. The van der Waals surface area contributed by atoms with E-state index in [9.17, 15) is 14.7 Å². The molecule has 37 heavy (non-hydrogen) atoms. The zero-order valence-electron chi connectivity index (χ0n) is 21.6. The Hall–Kier alpha value is -3.20. The third-order valence-electron chi connectivity index (χ3n) is 8.93. The fraction of sp³-hybridized carbons (Fsp3) is 0.571. The van der Waals surface area contributed by atoms with Gasteiger partial charge >= 0.3 is 0 Å². The van der Waals surface area contributed by atoms with Crippen LogP contribution in [0.4, 0.5) is 5.69 Å². The minimum absolute atomic E-state index is 0.00444. The largest absolute Gasteiger partial charge is 0.388 e. The predicted molar refractivity (Wildman–Crippen MR) is 142 cm³/mol. The summed E-state index contributed by atoms with van der Waals surface area (Å²) >= 11 is 0. The summed E-state index contributed by atoms with van der Waals surface area (Å²) in [5, 5.41) is 15.7. The minimum Gasteiger partial charge on any atom is -0.388 e. The van der Waals surface area contributed by atoms with Gasteiger partial charge in [-0.15, -0.1) is 0 Å². The number of rotatable bonds is 4. The maximum Gasteiger partial charge on any atom is 0.264 e. The average molecular weight is 505 g/mol.